The number of nitrogens with one attached hydrogen (secondary N) is 1. The van der Waals surface area contributed by atoms with Crippen LogP contribution in [0.1, 0.15) is 22.6 Å². The average molecular weight is 358 g/mol. The second-order valence-electron chi connectivity index (χ2n) is 6.49. The van der Waals surface area contributed by atoms with Crippen LogP contribution in [-0.4, -0.2) is 53.1 Å². The number of hydrogen-bond acceptors (Lipinski definition) is 6. The number of aromatic nitrogens is 2. The lowest BCUT2D eigenvalue weighted by Gasteiger charge is -2.20. The Balaban J connectivity index is 1.45. The van der Waals surface area contributed by atoms with Gasteiger partial charge in [0.2, 0.25) is 5.91 Å². The molecule has 1 saturated heterocycles. The second-order valence-corrected chi connectivity index (χ2v) is 7.52. The Bertz CT molecular complexity index is 729. The molecule has 0 spiro atoms. The average Bonchev–Trinajstić information content (AvgIpc) is 3.26. The van der Waals surface area contributed by atoms with Crippen LogP contribution in [0.3, 0.4) is 0 Å². The fourth-order valence-corrected chi connectivity index (χ4v) is 4.11. The van der Waals surface area contributed by atoms with Gasteiger partial charge in [-0.15, -0.1) is 11.3 Å². The molecule has 2 aromatic heterocycles. The van der Waals surface area contributed by atoms with Crippen LogP contribution in [-0.2, 0) is 28.8 Å². The predicted octanol–water partition coefficient (Wildman–Crippen LogP) is 1.91. The number of thiophene rings is 1. The molecule has 1 amide bonds. The third kappa shape index (κ3) is 3.82. The number of anilines is 1. The molecule has 6 nitrogen and oxygen atoms in total. The van der Waals surface area contributed by atoms with E-state index in [1.807, 2.05) is 22.4 Å². The topological polar surface area (TPSA) is 67.4 Å². The molecule has 2 aliphatic rings. The molecule has 0 bridgehead atoms. The van der Waals surface area contributed by atoms with E-state index in [2.05, 4.69) is 15.3 Å². The zero-order valence-electron chi connectivity index (χ0n) is 14.1. The van der Waals surface area contributed by atoms with E-state index in [1.54, 1.807) is 17.7 Å². The van der Waals surface area contributed by atoms with Gasteiger partial charge in [-0.05, 0) is 24.3 Å². The van der Waals surface area contributed by atoms with E-state index >= 15 is 0 Å². The molecule has 0 radical (unpaired) electrons. The van der Waals surface area contributed by atoms with Crippen molar-refractivity contribution in [3.63, 3.8) is 0 Å². The Morgan fingerprint density at radius 2 is 2.28 bits per heavy atom. The molecule has 25 heavy (non-hydrogen) atoms. The molecule has 0 unspecified atom stereocenters. The van der Waals surface area contributed by atoms with Crippen molar-refractivity contribution in [3.05, 3.63) is 40.0 Å². The minimum atomic E-state index is 0.196. The molecule has 2 aromatic rings. The van der Waals surface area contributed by atoms with E-state index in [9.17, 15) is 4.79 Å². The Morgan fingerprint density at radius 1 is 1.36 bits per heavy atom. The molecule has 0 aromatic carbocycles. The van der Waals surface area contributed by atoms with Crippen molar-refractivity contribution in [1.82, 2.24) is 14.9 Å². The summed E-state index contributed by atoms with van der Waals surface area (Å²) < 4.78 is 5.44. The number of carbonyl (C=O) groups is 1. The van der Waals surface area contributed by atoms with Crippen molar-refractivity contribution >= 4 is 23.1 Å². The van der Waals surface area contributed by atoms with Gasteiger partial charge in [0.1, 0.15) is 12.1 Å². The predicted molar refractivity (Wildman–Crippen MR) is 96.9 cm³/mol. The summed E-state index contributed by atoms with van der Waals surface area (Å²) >= 11 is 1.64. The summed E-state index contributed by atoms with van der Waals surface area (Å²) in [7, 11) is 0. The van der Waals surface area contributed by atoms with Gasteiger partial charge in [-0.25, -0.2) is 9.97 Å². The van der Waals surface area contributed by atoms with E-state index in [-0.39, 0.29) is 5.91 Å². The molecule has 1 N–H and O–H groups in total. The van der Waals surface area contributed by atoms with Crippen LogP contribution in [0.4, 0.5) is 5.82 Å². The van der Waals surface area contributed by atoms with Crippen LogP contribution in [0.2, 0.25) is 0 Å². The fourth-order valence-electron chi connectivity index (χ4n) is 3.42. The van der Waals surface area contributed by atoms with Gasteiger partial charge in [0.05, 0.1) is 24.8 Å². The molecule has 4 heterocycles. The summed E-state index contributed by atoms with van der Waals surface area (Å²) in [4.78, 5) is 24.6. The third-order valence-corrected chi connectivity index (χ3v) is 5.69. The first kappa shape index (κ1) is 16.5. The van der Waals surface area contributed by atoms with Crippen molar-refractivity contribution in [1.29, 1.82) is 0 Å². The lowest BCUT2D eigenvalue weighted by atomic mass is 10.1. The van der Waals surface area contributed by atoms with E-state index in [4.69, 9.17) is 4.74 Å². The Labute approximate surface area is 151 Å². The van der Waals surface area contributed by atoms with E-state index < -0.39 is 0 Å². The van der Waals surface area contributed by atoms with Gasteiger partial charge >= 0.3 is 0 Å². The largest absolute Gasteiger partial charge is 0.379 e. The minimum absolute atomic E-state index is 0.196. The number of carbonyl (C=O) groups excluding carboxylic acids is 1. The Hall–Kier alpha value is -1.99. The summed E-state index contributed by atoms with van der Waals surface area (Å²) in [6, 6.07) is 4.33. The molecule has 0 aliphatic carbocycles. The molecule has 4 rings (SSSR count). The maximum atomic E-state index is 12.6. The zero-order chi connectivity index (χ0) is 17.1. The van der Waals surface area contributed by atoms with Gasteiger partial charge in [-0.3, -0.25) is 4.79 Å². The first-order valence-corrected chi connectivity index (χ1v) is 9.65. The standard InChI is InChI=1S/C18H22N4O2S/c23-17(10-14-2-1-9-25-14)22-6-3-15-16(4-7-22)19-12-20-18(15)21-13-5-8-24-11-13/h1-2,9,12-13H,3-8,10-11H2,(H,19,20,21)/t13-/m0/s1. The second kappa shape index (κ2) is 7.49. The smallest absolute Gasteiger partial charge is 0.227 e. The summed E-state index contributed by atoms with van der Waals surface area (Å²) in [5.74, 6) is 1.11. The van der Waals surface area contributed by atoms with E-state index in [1.165, 1.54) is 0 Å². The third-order valence-electron chi connectivity index (χ3n) is 4.81. The highest BCUT2D eigenvalue weighted by Gasteiger charge is 2.24. The van der Waals surface area contributed by atoms with Gasteiger partial charge in [-0.2, -0.15) is 0 Å². The molecular weight excluding hydrogens is 336 g/mol. The first-order chi connectivity index (χ1) is 12.3. The van der Waals surface area contributed by atoms with Crippen molar-refractivity contribution in [2.45, 2.75) is 31.7 Å². The SMILES string of the molecule is O=C(Cc1cccs1)N1CCc2ncnc(N[C@H]3CCOC3)c2CC1. The van der Waals surface area contributed by atoms with Crippen LogP contribution < -0.4 is 5.32 Å². The van der Waals surface area contributed by atoms with Crippen LogP contribution >= 0.6 is 11.3 Å². The van der Waals surface area contributed by atoms with Gasteiger partial charge in [0.15, 0.2) is 0 Å². The fraction of sp³-hybridized carbons (Fsp3) is 0.500. The highest BCUT2D eigenvalue weighted by molar-refractivity contribution is 7.10. The number of hydrogen-bond donors (Lipinski definition) is 1. The lowest BCUT2D eigenvalue weighted by molar-refractivity contribution is -0.130. The number of ether oxygens (including phenoxy) is 1. The molecule has 1 fully saturated rings. The minimum Gasteiger partial charge on any atom is -0.379 e. The number of nitrogens with zero attached hydrogens (tertiary/aromatic N) is 3. The van der Waals surface area contributed by atoms with Crippen molar-refractivity contribution in [2.24, 2.45) is 0 Å². The highest BCUT2D eigenvalue weighted by atomic mass is 32.1. The number of rotatable bonds is 4. The van der Waals surface area contributed by atoms with Crippen molar-refractivity contribution in [3.8, 4) is 0 Å². The molecular formula is C18H22N4O2S. The van der Waals surface area contributed by atoms with E-state index in [0.717, 1.165) is 67.5 Å². The summed E-state index contributed by atoms with van der Waals surface area (Å²) in [6.07, 6.45) is 4.70. The summed E-state index contributed by atoms with van der Waals surface area (Å²) in [5, 5.41) is 5.51. The molecule has 2 aliphatic heterocycles. The van der Waals surface area contributed by atoms with Crippen LogP contribution in [0.25, 0.3) is 0 Å². The zero-order valence-corrected chi connectivity index (χ0v) is 14.9. The monoisotopic (exact) mass is 358 g/mol. The van der Waals surface area contributed by atoms with Crippen LogP contribution in [0.15, 0.2) is 23.8 Å². The van der Waals surface area contributed by atoms with Crippen LogP contribution in [0, 0.1) is 0 Å². The van der Waals surface area contributed by atoms with Gasteiger partial charge in [0, 0.05) is 36.6 Å². The lowest BCUT2D eigenvalue weighted by Crippen LogP contribution is -2.34. The quantitative estimate of drug-likeness (QED) is 0.904. The van der Waals surface area contributed by atoms with Gasteiger partial charge < -0.3 is 15.0 Å². The number of amides is 1. The van der Waals surface area contributed by atoms with Crippen LogP contribution in [0.5, 0.6) is 0 Å². The number of fused-ring (bicyclic) bond motifs is 1. The summed E-state index contributed by atoms with van der Waals surface area (Å²) in [6.45, 7) is 2.97. The van der Waals surface area contributed by atoms with E-state index in [0.29, 0.717) is 12.5 Å². The van der Waals surface area contributed by atoms with Gasteiger partial charge in [0.25, 0.3) is 0 Å². The molecule has 0 saturated carbocycles. The first-order valence-electron chi connectivity index (χ1n) is 8.77. The van der Waals surface area contributed by atoms with Gasteiger partial charge in [-0.1, -0.05) is 6.07 Å². The molecule has 1 atom stereocenters. The summed E-state index contributed by atoms with van der Waals surface area (Å²) in [5.41, 5.74) is 2.21. The maximum absolute atomic E-state index is 12.6. The van der Waals surface area contributed by atoms with Crippen molar-refractivity contribution in [2.75, 3.05) is 31.6 Å². The Kier molecular flexibility index (Phi) is 4.94. The normalized spacial score (nSPS) is 20.2. The molecule has 132 valence electrons. The van der Waals surface area contributed by atoms with Crippen molar-refractivity contribution < 1.29 is 9.53 Å². The maximum Gasteiger partial charge on any atom is 0.227 e. The highest BCUT2D eigenvalue weighted by Crippen LogP contribution is 2.23. The Morgan fingerprint density at radius 3 is 3.08 bits per heavy atom. The molecule has 7 heteroatoms.